The minimum Gasteiger partial charge on any atom is -0.464 e. The summed E-state index contributed by atoms with van der Waals surface area (Å²) in [6.45, 7) is 2.15. The highest BCUT2D eigenvalue weighted by Gasteiger charge is 2.54. The molecule has 1 fully saturated rings. The lowest BCUT2D eigenvalue weighted by Gasteiger charge is -2.42. The van der Waals surface area contributed by atoms with E-state index >= 15 is 0 Å². The van der Waals surface area contributed by atoms with Crippen molar-refractivity contribution in [1.29, 1.82) is 0 Å². The van der Waals surface area contributed by atoms with Crippen LogP contribution in [-0.4, -0.2) is 42.8 Å². The molecule has 0 aliphatic carbocycles. The molecule has 0 saturated carbocycles. The third-order valence-electron chi connectivity index (χ3n) is 3.00. The maximum Gasteiger partial charge on any atom is 0.334 e. The Balaban J connectivity index is 1.98. The molecule has 6 nitrogen and oxygen atoms in total. The monoisotopic (exact) mass is 279 g/mol. The fraction of sp³-hybridized carbons (Fsp3) is 0.429. The summed E-state index contributed by atoms with van der Waals surface area (Å²) < 4.78 is 9.90. The number of benzene rings is 1. The maximum absolute atomic E-state index is 11.8. The zero-order chi connectivity index (χ0) is 14.5. The summed E-state index contributed by atoms with van der Waals surface area (Å²) in [5.74, 6) is -0.895. The summed E-state index contributed by atoms with van der Waals surface area (Å²) in [4.78, 5) is 29.0. The number of esters is 1. The number of carbonyl (C=O) groups excluding carboxylic acids is 2. The lowest BCUT2D eigenvalue weighted by molar-refractivity contribution is -0.263. The van der Waals surface area contributed by atoms with E-state index in [2.05, 4.69) is 0 Å². The molecule has 1 saturated heterocycles. The molecule has 1 amide bonds. The van der Waals surface area contributed by atoms with Gasteiger partial charge in [-0.05, 0) is 12.5 Å². The van der Waals surface area contributed by atoms with Crippen molar-refractivity contribution in [3.05, 3.63) is 35.9 Å². The Labute approximate surface area is 117 Å². The van der Waals surface area contributed by atoms with Crippen molar-refractivity contribution in [3.8, 4) is 0 Å². The number of amides is 1. The summed E-state index contributed by atoms with van der Waals surface area (Å²) in [6, 6.07) is 8.54. The number of hydrogen-bond acceptors (Lipinski definition) is 5. The van der Waals surface area contributed by atoms with E-state index in [0.717, 1.165) is 10.6 Å². The summed E-state index contributed by atoms with van der Waals surface area (Å²) in [7, 11) is 1.38. The molecule has 6 heteroatoms. The molecule has 0 unspecified atom stereocenters. The molecule has 0 radical (unpaired) electrons. The van der Waals surface area contributed by atoms with E-state index in [-0.39, 0.29) is 19.1 Å². The largest absolute Gasteiger partial charge is 0.464 e. The number of hydroxylamine groups is 2. The van der Waals surface area contributed by atoms with Crippen LogP contribution >= 0.6 is 0 Å². The third kappa shape index (κ3) is 2.81. The zero-order valence-corrected chi connectivity index (χ0v) is 11.4. The lowest BCUT2D eigenvalue weighted by Crippen LogP contribution is -2.68. The highest BCUT2D eigenvalue weighted by atomic mass is 16.7. The molecule has 0 aromatic heterocycles. The minimum atomic E-state index is -0.837. The van der Waals surface area contributed by atoms with Gasteiger partial charge in [0.1, 0.15) is 6.61 Å². The van der Waals surface area contributed by atoms with Crippen LogP contribution in [0.4, 0.5) is 0 Å². The van der Waals surface area contributed by atoms with E-state index in [9.17, 15) is 9.59 Å². The van der Waals surface area contributed by atoms with Crippen molar-refractivity contribution in [2.24, 2.45) is 0 Å². The predicted molar refractivity (Wildman–Crippen MR) is 69.3 cm³/mol. The van der Waals surface area contributed by atoms with Crippen molar-refractivity contribution >= 4 is 11.9 Å². The van der Waals surface area contributed by atoms with Crippen LogP contribution in [0.3, 0.4) is 0 Å². The number of ether oxygens (including phenoxy) is 2. The Kier molecular flexibility index (Phi) is 4.70. The number of hydrogen-bond donors (Lipinski definition) is 0. The van der Waals surface area contributed by atoms with Gasteiger partial charge in [0.15, 0.2) is 12.1 Å². The first-order chi connectivity index (χ1) is 9.69. The van der Waals surface area contributed by atoms with Gasteiger partial charge in [0.25, 0.3) is 5.91 Å². The molecule has 2 rings (SSSR count). The molecule has 0 bridgehead atoms. The van der Waals surface area contributed by atoms with Crippen molar-refractivity contribution in [1.82, 2.24) is 5.06 Å². The Hall–Kier alpha value is -1.92. The first-order valence-electron chi connectivity index (χ1n) is 6.38. The van der Waals surface area contributed by atoms with Crippen molar-refractivity contribution in [3.63, 3.8) is 0 Å². The molecule has 1 aromatic carbocycles. The highest BCUT2D eigenvalue weighted by molar-refractivity contribution is 5.98. The Bertz CT molecular complexity index is 476. The van der Waals surface area contributed by atoms with Gasteiger partial charge >= 0.3 is 5.97 Å². The predicted octanol–water partition coefficient (Wildman–Crippen LogP) is 0.907. The molecule has 2 atom stereocenters. The zero-order valence-electron chi connectivity index (χ0n) is 11.4. The van der Waals surface area contributed by atoms with Crippen molar-refractivity contribution in [2.45, 2.75) is 25.7 Å². The van der Waals surface area contributed by atoms with Crippen LogP contribution in [0.25, 0.3) is 0 Å². The summed E-state index contributed by atoms with van der Waals surface area (Å²) in [6.07, 6.45) is -0.829. The van der Waals surface area contributed by atoms with Crippen LogP contribution in [0.2, 0.25) is 0 Å². The second kappa shape index (κ2) is 6.49. The Morgan fingerprint density at radius 2 is 2.00 bits per heavy atom. The van der Waals surface area contributed by atoms with Gasteiger partial charge in [0.05, 0.1) is 6.61 Å². The van der Waals surface area contributed by atoms with E-state index < -0.39 is 18.1 Å². The van der Waals surface area contributed by atoms with Gasteiger partial charge in [-0.25, -0.2) is 9.86 Å². The molecule has 1 heterocycles. The molecule has 1 aliphatic rings. The number of methoxy groups -OCH3 is 1. The molecule has 108 valence electrons. The summed E-state index contributed by atoms with van der Waals surface area (Å²) in [5, 5.41) is 1.03. The van der Waals surface area contributed by atoms with Crippen molar-refractivity contribution in [2.75, 3.05) is 13.7 Å². The van der Waals surface area contributed by atoms with E-state index in [1.54, 1.807) is 6.92 Å². The molecule has 1 aliphatic heterocycles. The van der Waals surface area contributed by atoms with Crippen LogP contribution in [0.5, 0.6) is 0 Å². The van der Waals surface area contributed by atoms with E-state index in [1.807, 2.05) is 30.3 Å². The van der Waals surface area contributed by atoms with Gasteiger partial charge < -0.3 is 9.47 Å². The van der Waals surface area contributed by atoms with Gasteiger partial charge in [0, 0.05) is 7.11 Å². The van der Waals surface area contributed by atoms with Gasteiger partial charge in [-0.2, -0.15) is 0 Å². The maximum atomic E-state index is 11.8. The normalized spacial score (nSPS) is 21.5. The van der Waals surface area contributed by atoms with Gasteiger partial charge in [-0.15, -0.1) is 0 Å². The fourth-order valence-electron chi connectivity index (χ4n) is 1.98. The lowest BCUT2D eigenvalue weighted by atomic mass is 10.0. The average Bonchev–Trinajstić information content (AvgIpc) is 2.46. The summed E-state index contributed by atoms with van der Waals surface area (Å²) in [5.41, 5.74) is 0.906. The number of rotatable bonds is 6. The van der Waals surface area contributed by atoms with Crippen LogP contribution in [0.15, 0.2) is 30.3 Å². The Morgan fingerprint density at radius 3 is 2.60 bits per heavy atom. The number of carbonyl (C=O) groups is 2. The molecule has 1 aromatic rings. The number of β-lactam (4-membered cyclic amide) rings is 1. The molecular formula is C14H17NO5. The summed E-state index contributed by atoms with van der Waals surface area (Å²) >= 11 is 0. The van der Waals surface area contributed by atoms with E-state index in [0.29, 0.717) is 0 Å². The Morgan fingerprint density at radius 1 is 1.30 bits per heavy atom. The van der Waals surface area contributed by atoms with Gasteiger partial charge in [0.2, 0.25) is 0 Å². The van der Waals surface area contributed by atoms with Crippen LogP contribution in [0, 0.1) is 0 Å². The topological polar surface area (TPSA) is 65.1 Å². The van der Waals surface area contributed by atoms with Crippen LogP contribution in [0.1, 0.15) is 12.5 Å². The molecule has 0 N–H and O–H groups in total. The van der Waals surface area contributed by atoms with E-state index in [4.69, 9.17) is 14.3 Å². The SMILES string of the molecule is CCOC(=O)[C@@H]1[C@@H](OC)C(=O)N1OCc1ccccc1. The van der Waals surface area contributed by atoms with Gasteiger partial charge in [-0.1, -0.05) is 30.3 Å². The first-order valence-corrected chi connectivity index (χ1v) is 6.38. The van der Waals surface area contributed by atoms with E-state index in [1.165, 1.54) is 7.11 Å². The third-order valence-corrected chi connectivity index (χ3v) is 3.00. The standard InChI is InChI=1S/C14H17NO5/c1-3-19-14(17)11-12(18-2)13(16)15(11)20-9-10-7-5-4-6-8-10/h4-8,11-12H,3,9H2,1-2H3/t11-,12+/m0/s1. The van der Waals surface area contributed by atoms with Crippen LogP contribution in [-0.2, 0) is 30.5 Å². The molecule has 20 heavy (non-hydrogen) atoms. The smallest absolute Gasteiger partial charge is 0.334 e. The van der Waals surface area contributed by atoms with Crippen LogP contribution < -0.4 is 0 Å². The molecule has 0 spiro atoms. The molecular weight excluding hydrogens is 262 g/mol. The van der Waals surface area contributed by atoms with Gasteiger partial charge in [-0.3, -0.25) is 9.63 Å². The first kappa shape index (κ1) is 14.5. The fourth-order valence-corrected chi connectivity index (χ4v) is 1.98. The average molecular weight is 279 g/mol. The second-order valence-corrected chi connectivity index (χ2v) is 4.28. The minimum absolute atomic E-state index is 0.207. The second-order valence-electron chi connectivity index (χ2n) is 4.28. The highest BCUT2D eigenvalue weighted by Crippen LogP contribution is 2.25. The van der Waals surface area contributed by atoms with Crippen molar-refractivity contribution < 1.29 is 23.9 Å². The quantitative estimate of drug-likeness (QED) is 0.572. The number of nitrogens with zero attached hydrogens (tertiary/aromatic N) is 1.